The maximum Gasteiger partial charge on any atom is 0.228 e. The standard InChI is InChI=1S/C26H25N7O/c1-32-10-6-17(7-11-32)26(34)31-24-5-4-20-21(15-28-25(20)30-24)18-8-12-33-23(13-18)22(16-29-33)19-3-2-9-27-14-19/h2-5,8-9,12-17H,6-7,10-11H2,1H3,(H2,28,30,31,34). The van der Waals surface area contributed by atoms with Crippen LogP contribution in [0, 0.1) is 5.92 Å². The van der Waals surface area contributed by atoms with Gasteiger partial charge in [-0.05, 0) is 68.9 Å². The predicted octanol–water partition coefficient (Wildman–Crippen LogP) is 4.22. The summed E-state index contributed by atoms with van der Waals surface area (Å²) in [5, 5.41) is 8.50. The van der Waals surface area contributed by atoms with Crippen molar-refractivity contribution >= 4 is 28.3 Å². The van der Waals surface area contributed by atoms with E-state index in [1.165, 1.54) is 0 Å². The van der Waals surface area contributed by atoms with Gasteiger partial charge in [0, 0.05) is 52.8 Å². The van der Waals surface area contributed by atoms with Gasteiger partial charge in [0.05, 0.1) is 11.7 Å². The minimum absolute atomic E-state index is 0.0456. The Morgan fingerprint density at radius 1 is 1.09 bits per heavy atom. The maximum absolute atomic E-state index is 12.7. The number of pyridine rings is 3. The second-order valence-electron chi connectivity index (χ2n) is 8.91. The SMILES string of the molecule is CN1CCC(C(=O)Nc2ccc3c(-c4ccn5ncc(-c6cccnc6)c5c4)c[nH]c3n2)CC1. The second kappa shape index (κ2) is 8.39. The van der Waals surface area contributed by atoms with Gasteiger partial charge in [-0.3, -0.25) is 9.78 Å². The molecule has 8 heteroatoms. The number of nitrogens with one attached hydrogen (secondary N) is 2. The van der Waals surface area contributed by atoms with Crippen LogP contribution >= 0.6 is 0 Å². The van der Waals surface area contributed by atoms with Crippen LogP contribution in [0.1, 0.15) is 12.8 Å². The van der Waals surface area contributed by atoms with Gasteiger partial charge in [0.2, 0.25) is 5.91 Å². The van der Waals surface area contributed by atoms with Crippen LogP contribution in [0.2, 0.25) is 0 Å². The van der Waals surface area contributed by atoms with Crippen molar-refractivity contribution in [2.24, 2.45) is 5.92 Å². The quantitative estimate of drug-likeness (QED) is 0.427. The number of fused-ring (bicyclic) bond motifs is 2. The Labute approximate surface area is 196 Å². The number of carbonyl (C=O) groups excluding carboxylic acids is 1. The number of likely N-dealkylation sites (tertiary alicyclic amines) is 1. The summed E-state index contributed by atoms with van der Waals surface area (Å²) in [6, 6.07) is 12.0. The van der Waals surface area contributed by atoms with E-state index >= 15 is 0 Å². The number of piperidine rings is 1. The third-order valence-electron chi connectivity index (χ3n) is 6.68. The highest BCUT2D eigenvalue weighted by Crippen LogP contribution is 2.32. The molecule has 2 N–H and O–H groups in total. The molecule has 5 aromatic heterocycles. The highest BCUT2D eigenvalue weighted by Gasteiger charge is 2.23. The normalized spacial score (nSPS) is 15.2. The largest absolute Gasteiger partial charge is 0.345 e. The zero-order valence-electron chi connectivity index (χ0n) is 18.9. The first-order chi connectivity index (χ1) is 16.7. The molecule has 8 nitrogen and oxygen atoms in total. The van der Waals surface area contributed by atoms with Gasteiger partial charge in [0.25, 0.3) is 0 Å². The second-order valence-corrected chi connectivity index (χ2v) is 8.91. The fraction of sp³-hybridized carbons (Fsp3) is 0.231. The van der Waals surface area contributed by atoms with E-state index in [9.17, 15) is 4.79 Å². The summed E-state index contributed by atoms with van der Waals surface area (Å²) in [5.41, 5.74) is 5.93. The molecule has 1 fully saturated rings. The fourth-order valence-corrected chi connectivity index (χ4v) is 4.71. The molecule has 0 bridgehead atoms. The summed E-state index contributed by atoms with van der Waals surface area (Å²) in [7, 11) is 2.09. The van der Waals surface area contributed by atoms with Crippen LogP contribution in [-0.2, 0) is 4.79 Å². The van der Waals surface area contributed by atoms with Gasteiger partial charge >= 0.3 is 0 Å². The predicted molar refractivity (Wildman–Crippen MR) is 132 cm³/mol. The number of amides is 1. The van der Waals surface area contributed by atoms with Crippen molar-refractivity contribution in [1.29, 1.82) is 0 Å². The maximum atomic E-state index is 12.7. The Bertz CT molecular complexity index is 1480. The topological polar surface area (TPSA) is 91.2 Å². The molecular formula is C26H25N7O. The number of hydrogen-bond donors (Lipinski definition) is 2. The number of H-pyrrole nitrogens is 1. The highest BCUT2D eigenvalue weighted by molar-refractivity contribution is 5.97. The molecule has 6 rings (SSSR count). The number of nitrogens with zero attached hydrogens (tertiary/aromatic N) is 5. The molecule has 1 aliphatic rings. The third-order valence-corrected chi connectivity index (χ3v) is 6.68. The smallest absolute Gasteiger partial charge is 0.228 e. The Morgan fingerprint density at radius 3 is 2.79 bits per heavy atom. The molecule has 0 spiro atoms. The van der Waals surface area contributed by atoms with E-state index in [1.807, 2.05) is 59.6 Å². The number of anilines is 1. The van der Waals surface area contributed by atoms with Crippen LogP contribution in [0.4, 0.5) is 5.82 Å². The molecule has 1 amide bonds. The van der Waals surface area contributed by atoms with Crippen molar-refractivity contribution in [2.75, 3.05) is 25.5 Å². The molecule has 170 valence electrons. The van der Waals surface area contributed by atoms with Crippen LogP contribution in [0.5, 0.6) is 0 Å². The number of aromatic nitrogens is 5. The fourth-order valence-electron chi connectivity index (χ4n) is 4.71. The Hall–Kier alpha value is -4.04. The Kier molecular flexibility index (Phi) is 5.07. The van der Waals surface area contributed by atoms with Gasteiger partial charge in [-0.1, -0.05) is 6.07 Å². The van der Waals surface area contributed by atoms with E-state index in [-0.39, 0.29) is 11.8 Å². The summed E-state index contributed by atoms with van der Waals surface area (Å²) in [6.07, 6.45) is 11.2. The lowest BCUT2D eigenvalue weighted by atomic mass is 9.96. The van der Waals surface area contributed by atoms with Gasteiger partial charge in [0.15, 0.2) is 0 Å². The van der Waals surface area contributed by atoms with Gasteiger partial charge < -0.3 is 15.2 Å². The molecule has 0 aliphatic carbocycles. The van der Waals surface area contributed by atoms with E-state index in [4.69, 9.17) is 0 Å². The van der Waals surface area contributed by atoms with E-state index in [1.54, 1.807) is 6.20 Å². The summed E-state index contributed by atoms with van der Waals surface area (Å²) in [5.74, 6) is 0.681. The third kappa shape index (κ3) is 3.72. The van der Waals surface area contributed by atoms with E-state index in [2.05, 4.69) is 43.4 Å². The molecule has 1 aliphatic heterocycles. The van der Waals surface area contributed by atoms with E-state index in [0.717, 1.165) is 64.7 Å². The lowest BCUT2D eigenvalue weighted by Crippen LogP contribution is -2.36. The van der Waals surface area contributed by atoms with Gasteiger partial charge in [-0.25, -0.2) is 9.50 Å². The van der Waals surface area contributed by atoms with Crippen LogP contribution < -0.4 is 5.32 Å². The number of hydrogen-bond acceptors (Lipinski definition) is 5. The first-order valence-electron chi connectivity index (χ1n) is 11.5. The van der Waals surface area contributed by atoms with E-state index in [0.29, 0.717) is 5.82 Å². The summed E-state index contributed by atoms with van der Waals surface area (Å²) in [6.45, 7) is 1.91. The van der Waals surface area contributed by atoms with Crippen LogP contribution in [0.25, 0.3) is 38.8 Å². The van der Waals surface area contributed by atoms with Crippen molar-refractivity contribution in [3.8, 4) is 22.3 Å². The molecule has 1 saturated heterocycles. The summed E-state index contributed by atoms with van der Waals surface area (Å²) >= 11 is 0. The van der Waals surface area contributed by atoms with Gasteiger partial charge in [-0.15, -0.1) is 0 Å². The molecule has 6 heterocycles. The Morgan fingerprint density at radius 2 is 1.97 bits per heavy atom. The first kappa shape index (κ1) is 20.6. The van der Waals surface area contributed by atoms with Crippen LogP contribution in [-0.4, -0.2) is 55.5 Å². The number of aromatic amines is 1. The monoisotopic (exact) mass is 451 g/mol. The molecule has 0 atom stereocenters. The van der Waals surface area contributed by atoms with Crippen molar-refractivity contribution in [3.05, 3.63) is 67.4 Å². The van der Waals surface area contributed by atoms with Crippen molar-refractivity contribution < 1.29 is 4.79 Å². The zero-order valence-corrected chi connectivity index (χ0v) is 18.9. The van der Waals surface area contributed by atoms with Crippen LogP contribution in [0.15, 0.2) is 67.4 Å². The van der Waals surface area contributed by atoms with E-state index < -0.39 is 0 Å². The first-order valence-corrected chi connectivity index (χ1v) is 11.5. The molecule has 0 unspecified atom stereocenters. The highest BCUT2D eigenvalue weighted by atomic mass is 16.1. The average molecular weight is 452 g/mol. The van der Waals surface area contributed by atoms with Gasteiger partial charge in [0.1, 0.15) is 11.5 Å². The zero-order chi connectivity index (χ0) is 23.1. The molecule has 0 radical (unpaired) electrons. The van der Waals surface area contributed by atoms with Crippen molar-refractivity contribution in [3.63, 3.8) is 0 Å². The lowest BCUT2D eigenvalue weighted by Gasteiger charge is -2.27. The molecule has 34 heavy (non-hydrogen) atoms. The molecule has 5 aromatic rings. The van der Waals surface area contributed by atoms with Crippen molar-refractivity contribution in [2.45, 2.75) is 12.8 Å². The minimum atomic E-state index is 0.0456. The van der Waals surface area contributed by atoms with Crippen LogP contribution in [0.3, 0.4) is 0 Å². The number of rotatable bonds is 4. The van der Waals surface area contributed by atoms with Crippen molar-refractivity contribution in [1.82, 2.24) is 29.5 Å². The summed E-state index contributed by atoms with van der Waals surface area (Å²) < 4.78 is 1.87. The summed E-state index contributed by atoms with van der Waals surface area (Å²) in [4.78, 5) is 27.1. The van der Waals surface area contributed by atoms with Gasteiger partial charge in [-0.2, -0.15) is 5.10 Å². The average Bonchev–Trinajstić information content (AvgIpc) is 3.48. The Balaban J connectivity index is 1.29. The molecule has 0 aromatic carbocycles. The minimum Gasteiger partial charge on any atom is -0.345 e. The number of carbonyl (C=O) groups is 1. The molecular weight excluding hydrogens is 426 g/mol. The molecule has 0 saturated carbocycles. The lowest BCUT2D eigenvalue weighted by molar-refractivity contribution is -0.121.